The third-order valence-electron chi connectivity index (χ3n) is 4.21. The summed E-state index contributed by atoms with van der Waals surface area (Å²) < 4.78 is 6.14. The molecule has 0 aliphatic carbocycles. The fraction of sp³-hybridized carbons (Fsp3) is 0.333. The van der Waals surface area contributed by atoms with Gasteiger partial charge in [-0.2, -0.15) is 11.1 Å². The Kier molecular flexibility index (Phi) is 5.62. The molecule has 0 radical (unpaired) electrons. The summed E-state index contributed by atoms with van der Waals surface area (Å²) in [6.45, 7) is 15.2. The van der Waals surface area contributed by atoms with Gasteiger partial charge in [0.05, 0.1) is 0 Å². The topological polar surface area (TPSA) is 9.23 Å². The maximum atomic E-state index is 7.20. The van der Waals surface area contributed by atoms with E-state index in [2.05, 4.69) is 65.1 Å². The Hall–Kier alpha value is -1.51. The number of ether oxygens (including phenoxy) is 1. The minimum absolute atomic E-state index is 0.0185. The highest BCUT2D eigenvalue weighted by atomic mass is 35.6. The Labute approximate surface area is 152 Å². The van der Waals surface area contributed by atoms with Crippen molar-refractivity contribution in [1.29, 1.82) is 0 Å². The average molecular weight is 359 g/mol. The average Bonchev–Trinajstić information content (AvgIpc) is 2.53. The van der Waals surface area contributed by atoms with Crippen molar-refractivity contribution >= 4 is 28.8 Å². The summed E-state index contributed by atoms with van der Waals surface area (Å²) in [6.07, 6.45) is 1.78. The Bertz CT molecular complexity index is 715. The van der Waals surface area contributed by atoms with Gasteiger partial charge in [-0.05, 0) is 29.6 Å². The summed E-state index contributed by atoms with van der Waals surface area (Å²) in [7, 11) is -2.38. The molecule has 2 rings (SSSR count). The van der Waals surface area contributed by atoms with Gasteiger partial charge in [0.25, 0.3) is 0 Å². The van der Waals surface area contributed by atoms with Crippen LogP contribution in [0.5, 0.6) is 5.75 Å². The first kappa shape index (κ1) is 18.8. The quantitative estimate of drug-likeness (QED) is 0.424. The molecule has 1 atom stereocenters. The lowest BCUT2D eigenvalue weighted by Crippen LogP contribution is -2.51. The molecule has 24 heavy (non-hydrogen) atoms. The van der Waals surface area contributed by atoms with Crippen LogP contribution in [-0.2, 0) is 5.41 Å². The first-order chi connectivity index (χ1) is 11.2. The monoisotopic (exact) mass is 358 g/mol. The molecule has 1 unspecified atom stereocenters. The van der Waals surface area contributed by atoms with Crippen LogP contribution >= 0.6 is 11.1 Å². The zero-order valence-electron chi connectivity index (χ0n) is 15.3. The van der Waals surface area contributed by atoms with Gasteiger partial charge in [-0.15, -0.1) is 0 Å². The van der Waals surface area contributed by atoms with Gasteiger partial charge in [-0.1, -0.05) is 81.5 Å². The second-order valence-electron chi connectivity index (χ2n) is 7.41. The molecule has 0 aliphatic heterocycles. The van der Waals surface area contributed by atoms with Gasteiger partial charge < -0.3 is 4.74 Å². The van der Waals surface area contributed by atoms with Gasteiger partial charge in [0.15, 0.2) is 0 Å². The van der Waals surface area contributed by atoms with Gasteiger partial charge >= 0.3 is 0 Å². The van der Waals surface area contributed by atoms with Crippen LogP contribution in [0, 0.1) is 6.92 Å². The molecule has 128 valence electrons. The lowest BCUT2D eigenvalue weighted by molar-refractivity contribution is 0.354. The molecule has 0 N–H and O–H groups in total. The predicted molar refractivity (Wildman–Crippen MR) is 109 cm³/mol. The molecule has 3 heteroatoms. The van der Waals surface area contributed by atoms with Gasteiger partial charge in [0.1, 0.15) is 12.4 Å². The van der Waals surface area contributed by atoms with Crippen LogP contribution < -0.4 is 15.1 Å². The van der Waals surface area contributed by atoms with Gasteiger partial charge in [-0.3, -0.25) is 0 Å². The van der Waals surface area contributed by atoms with Crippen LogP contribution in [0.2, 0.25) is 6.55 Å². The van der Waals surface area contributed by atoms with E-state index in [1.54, 1.807) is 6.08 Å². The van der Waals surface area contributed by atoms with Crippen LogP contribution in [0.1, 0.15) is 31.9 Å². The first-order valence-corrected chi connectivity index (χ1v) is 11.8. The van der Waals surface area contributed by atoms with E-state index in [1.165, 1.54) is 16.3 Å². The maximum absolute atomic E-state index is 7.20. The Morgan fingerprint density at radius 2 is 1.79 bits per heavy atom. The molecule has 2 aromatic carbocycles. The highest BCUT2D eigenvalue weighted by Gasteiger charge is 2.35. The number of rotatable bonds is 5. The first-order valence-electron chi connectivity index (χ1n) is 8.31. The van der Waals surface area contributed by atoms with Gasteiger partial charge in [0.2, 0.25) is 7.38 Å². The van der Waals surface area contributed by atoms with Crippen LogP contribution in [0.15, 0.2) is 55.1 Å². The number of hydrogen-bond donors (Lipinski definition) is 0. The highest BCUT2D eigenvalue weighted by molar-refractivity contribution is 7.33. The van der Waals surface area contributed by atoms with Crippen LogP contribution in [0.4, 0.5) is 0 Å². The van der Waals surface area contributed by atoms with Crippen molar-refractivity contribution in [2.24, 2.45) is 0 Å². The van der Waals surface area contributed by atoms with Crippen molar-refractivity contribution in [3.05, 3.63) is 66.2 Å². The Morgan fingerprint density at radius 3 is 2.33 bits per heavy atom. The van der Waals surface area contributed by atoms with Crippen molar-refractivity contribution in [1.82, 2.24) is 0 Å². The van der Waals surface area contributed by atoms with Crippen molar-refractivity contribution in [3.63, 3.8) is 0 Å². The summed E-state index contributed by atoms with van der Waals surface area (Å²) in [5, 5.41) is 2.34. The van der Waals surface area contributed by atoms with Crippen molar-refractivity contribution in [2.45, 2.75) is 39.7 Å². The van der Waals surface area contributed by atoms with E-state index in [4.69, 9.17) is 15.8 Å². The van der Waals surface area contributed by atoms with Gasteiger partial charge in [-0.25, -0.2) is 0 Å². The summed E-state index contributed by atoms with van der Waals surface area (Å²) in [5.74, 6) is 0.931. The summed E-state index contributed by atoms with van der Waals surface area (Å²) in [6, 6.07) is 14.8. The molecular formula is C21H27ClOSi. The van der Waals surface area contributed by atoms with Crippen molar-refractivity contribution in [2.75, 3.05) is 6.61 Å². The Morgan fingerprint density at radius 1 is 1.17 bits per heavy atom. The SMILES string of the molecule is C=CCOc1c(C(C)(C)C)cc(C)cc1[Si](C)(Cl)c1ccccc1. The molecule has 2 aromatic rings. The summed E-state index contributed by atoms with van der Waals surface area (Å²) >= 11 is 7.20. The molecule has 0 fully saturated rings. The lowest BCUT2D eigenvalue weighted by Gasteiger charge is -2.30. The van der Waals surface area contributed by atoms with E-state index in [-0.39, 0.29) is 5.41 Å². The molecule has 0 saturated heterocycles. The van der Waals surface area contributed by atoms with Crippen molar-refractivity contribution < 1.29 is 4.74 Å². The van der Waals surface area contributed by atoms with Crippen LogP contribution in [0.25, 0.3) is 0 Å². The largest absolute Gasteiger partial charge is 0.489 e. The van der Waals surface area contributed by atoms with Crippen molar-refractivity contribution in [3.8, 4) is 5.75 Å². The van der Waals surface area contributed by atoms with E-state index >= 15 is 0 Å². The van der Waals surface area contributed by atoms with Crippen LogP contribution in [0.3, 0.4) is 0 Å². The number of aryl methyl sites for hydroxylation is 1. The fourth-order valence-corrected chi connectivity index (χ4v) is 5.94. The van der Waals surface area contributed by atoms with E-state index in [1.807, 2.05) is 18.2 Å². The predicted octanol–water partition coefficient (Wildman–Crippen LogP) is 4.79. The third-order valence-corrected chi connectivity index (χ3v) is 8.27. The smallest absolute Gasteiger partial charge is 0.218 e. The van der Waals surface area contributed by atoms with E-state index in [0.29, 0.717) is 6.61 Å². The molecule has 0 aliphatic rings. The number of halogens is 1. The lowest BCUT2D eigenvalue weighted by atomic mass is 9.85. The second-order valence-corrected chi connectivity index (χ2v) is 12.8. The molecule has 0 heterocycles. The fourth-order valence-electron chi connectivity index (χ4n) is 2.88. The van der Waals surface area contributed by atoms with E-state index in [0.717, 1.165) is 10.9 Å². The maximum Gasteiger partial charge on any atom is 0.218 e. The minimum Gasteiger partial charge on any atom is -0.489 e. The molecule has 0 saturated carbocycles. The number of hydrogen-bond acceptors (Lipinski definition) is 1. The van der Waals surface area contributed by atoms with Crippen LogP contribution in [-0.4, -0.2) is 14.0 Å². The minimum atomic E-state index is -2.38. The molecule has 0 aromatic heterocycles. The summed E-state index contributed by atoms with van der Waals surface area (Å²) in [4.78, 5) is 0. The zero-order chi connectivity index (χ0) is 18.0. The van der Waals surface area contributed by atoms with E-state index in [9.17, 15) is 0 Å². The Balaban J connectivity index is 2.72. The molecule has 0 amide bonds. The normalized spacial score (nSPS) is 14.1. The molecule has 1 nitrogen and oxygen atoms in total. The highest BCUT2D eigenvalue weighted by Crippen LogP contribution is 2.33. The van der Waals surface area contributed by atoms with Gasteiger partial charge in [0, 0.05) is 5.19 Å². The third kappa shape index (κ3) is 3.93. The molecule has 0 bridgehead atoms. The van der Waals surface area contributed by atoms with E-state index < -0.39 is 7.38 Å². The summed E-state index contributed by atoms with van der Waals surface area (Å²) in [5.41, 5.74) is 2.40. The zero-order valence-corrected chi connectivity index (χ0v) is 17.1. The molecule has 0 spiro atoms. The number of benzene rings is 2. The standard InChI is InChI=1S/C21H27ClOSi/c1-7-13-23-20-18(21(3,4)5)14-16(2)15-19(20)24(6,22)17-11-9-8-10-12-17/h7-12,14-15H,1,13H2,2-6H3. The second kappa shape index (κ2) is 7.16. The molecular weight excluding hydrogens is 332 g/mol.